The molecule has 0 spiro atoms. The van der Waals surface area contributed by atoms with Crippen LogP contribution in [0, 0.1) is 6.92 Å². The number of hydrogen-bond acceptors (Lipinski definition) is 3. The summed E-state index contributed by atoms with van der Waals surface area (Å²) in [5.41, 5.74) is 4.66. The second-order valence-corrected chi connectivity index (χ2v) is 4.21. The SMILES string of the molecule is Cc1nn(C)cc1-n1cnc2c1CCNC2. The molecule has 0 amide bonds. The van der Waals surface area contributed by atoms with Gasteiger partial charge in [-0.25, -0.2) is 4.98 Å². The first-order valence-electron chi connectivity index (χ1n) is 5.52. The highest BCUT2D eigenvalue weighted by Gasteiger charge is 2.17. The average molecular weight is 217 g/mol. The minimum absolute atomic E-state index is 0.877. The van der Waals surface area contributed by atoms with Gasteiger partial charge in [0.2, 0.25) is 0 Å². The summed E-state index contributed by atoms with van der Waals surface area (Å²) < 4.78 is 4.01. The summed E-state index contributed by atoms with van der Waals surface area (Å²) in [5, 5.41) is 7.70. The van der Waals surface area contributed by atoms with Crippen LogP contribution in [0.2, 0.25) is 0 Å². The van der Waals surface area contributed by atoms with Crippen LogP contribution in [0.25, 0.3) is 5.69 Å². The number of nitrogens with one attached hydrogen (secondary N) is 1. The Morgan fingerprint density at radius 3 is 3.06 bits per heavy atom. The summed E-state index contributed by atoms with van der Waals surface area (Å²) in [6.45, 7) is 3.93. The Labute approximate surface area is 94.1 Å². The van der Waals surface area contributed by atoms with E-state index >= 15 is 0 Å². The number of imidazole rings is 1. The predicted molar refractivity (Wildman–Crippen MR) is 60.5 cm³/mol. The van der Waals surface area contributed by atoms with Gasteiger partial charge in [-0.3, -0.25) is 9.25 Å². The van der Waals surface area contributed by atoms with Crippen molar-refractivity contribution in [2.24, 2.45) is 7.05 Å². The first-order valence-corrected chi connectivity index (χ1v) is 5.52. The van der Waals surface area contributed by atoms with Crippen LogP contribution in [0.4, 0.5) is 0 Å². The van der Waals surface area contributed by atoms with Crippen molar-refractivity contribution in [1.29, 1.82) is 0 Å². The zero-order valence-corrected chi connectivity index (χ0v) is 9.56. The number of aromatic nitrogens is 4. The summed E-state index contributed by atoms with van der Waals surface area (Å²) >= 11 is 0. The minimum Gasteiger partial charge on any atom is -0.311 e. The first-order chi connectivity index (χ1) is 7.75. The van der Waals surface area contributed by atoms with Crippen molar-refractivity contribution in [2.75, 3.05) is 6.54 Å². The van der Waals surface area contributed by atoms with Crippen LogP contribution in [0.5, 0.6) is 0 Å². The Hall–Kier alpha value is -1.62. The third-order valence-corrected chi connectivity index (χ3v) is 3.03. The van der Waals surface area contributed by atoms with Gasteiger partial charge in [0, 0.05) is 38.4 Å². The summed E-state index contributed by atoms with van der Waals surface area (Å²) in [7, 11) is 1.95. The molecule has 0 aliphatic carbocycles. The van der Waals surface area contributed by atoms with E-state index in [1.54, 1.807) is 0 Å². The number of aryl methyl sites for hydroxylation is 2. The fourth-order valence-corrected chi connectivity index (χ4v) is 2.27. The standard InChI is InChI=1S/C11H15N5/c1-8-11(6-15(2)14-8)16-7-13-9-5-12-4-3-10(9)16/h6-7,12H,3-5H2,1-2H3. The van der Waals surface area contributed by atoms with Crippen molar-refractivity contribution < 1.29 is 0 Å². The molecule has 0 bridgehead atoms. The van der Waals surface area contributed by atoms with Crippen LogP contribution < -0.4 is 5.32 Å². The van der Waals surface area contributed by atoms with E-state index in [9.17, 15) is 0 Å². The molecule has 0 saturated heterocycles. The van der Waals surface area contributed by atoms with Gasteiger partial charge in [0.1, 0.15) is 0 Å². The Morgan fingerprint density at radius 2 is 2.31 bits per heavy atom. The van der Waals surface area contributed by atoms with E-state index in [0.717, 1.165) is 36.6 Å². The second-order valence-electron chi connectivity index (χ2n) is 4.21. The lowest BCUT2D eigenvalue weighted by Gasteiger charge is -2.14. The zero-order chi connectivity index (χ0) is 11.1. The van der Waals surface area contributed by atoms with Crippen molar-refractivity contribution in [3.8, 4) is 5.69 Å². The number of hydrogen-bond donors (Lipinski definition) is 1. The van der Waals surface area contributed by atoms with E-state index in [1.165, 1.54) is 5.69 Å². The quantitative estimate of drug-likeness (QED) is 0.759. The summed E-state index contributed by atoms with van der Waals surface area (Å²) in [6, 6.07) is 0. The highest BCUT2D eigenvalue weighted by molar-refractivity contribution is 5.37. The van der Waals surface area contributed by atoms with Crippen LogP contribution in [-0.2, 0) is 20.0 Å². The van der Waals surface area contributed by atoms with E-state index < -0.39 is 0 Å². The van der Waals surface area contributed by atoms with Gasteiger partial charge < -0.3 is 5.32 Å². The summed E-state index contributed by atoms with van der Waals surface area (Å²) in [4.78, 5) is 4.45. The lowest BCUT2D eigenvalue weighted by atomic mass is 10.2. The smallest absolute Gasteiger partial charge is 0.0999 e. The first kappa shape index (κ1) is 9.59. The number of fused-ring (bicyclic) bond motifs is 1. The predicted octanol–water partition coefficient (Wildman–Crippen LogP) is 0.560. The minimum atomic E-state index is 0.877. The van der Waals surface area contributed by atoms with Crippen LogP contribution in [-0.4, -0.2) is 25.9 Å². The van der Waals surface area contributed by atoms with Crippen molar-refractivity contribution in [2.45, 2.75) is 19.9 Å². The Bertz CT molecular complexity index is 522. The Balaban J connectivity index is 2.13. The molecule has 5 nitrogen and oxygen atoms in total. The zero-order valence-electron chi connectivity index (χ0n) is 9.56. The van der Waals surface area contributed by atoms with Gasteiger partial charge >= 0.3 is 0 Å². The molecule has 0 radical (unpaired) electrons. The van der Waals surface area contributed by atoms with Crippen LogP contribution in [0.3, 0.4) is 0 Å². The summed E-state index contributed by atoms with van der Waals surface area (Å²) in [5.74, 6) is 0. The van der Waals surface area contributed by atoms with E-state index in [0.29, 0.717) is 0 Å². The van der Waals surface area contributed by atoms with Gasteiger partial charge in [-0.05, 0) is 6.92 Å². The molecular formula is C11H15N5. The molecule has 3 rings (SSSR count). The molecule has 0 unspecified atom stereocenters. The van der Waals surface area contributed by atoms with Gasteiger partial charge in [-0.15, -0.1) is 0 Å². The average Bonchev–Trinajstić information content (AvgIpc) is 2.81. The van der Waals surface area contributed by atoms with Crippen molar-refractivity contribution in [3.63, 3.8) is 0 Å². The third kappa shape index (κ3) is 1.36. The van der Waals surface area contributed by atoms with Gasteiger partial charge in [0.05, 0.1) is 23.4 Å². The molecule has 1 aliphatic heterocycles. The molecule has 2 aromatic heterocycles. The van der Waals surface area contributed by atoms with E-state index in [4.69, 9.17) is 0 Å². The van der Waals surface area contributed by atoms with Gasteiger partial charge in [0.15, 0.2) is 0 Å². The van der Waals surface area contributed by atoms with Crippen LogP contribution in [0.1, 0.15) is 17.1 Å². The van der Waals surface area contributed by atoms with E-state index in [-0.39, 0.29) is 0 Å². The van der Waals surface area contributed by atoms with Gasteiger partial charge in [-0.1, -0.05) is 0 Å². The fourth-order valence-electron chi connectivity index (χ4n) is 2.27. The fraction of sp³-hybridized carbons (Fsp3) is 0.455. The molecule has 0 fully saturated rings. The number of rotatable bonds is 1. The molecule has 5 heteroatoms. The molecule has 2 aromatic rings. The number of nitrogens with zero attached hydrogens (tertiary/aromatic N) is 4. The maximum absolute atomic E-state index is 4.45. The van der Waals surface area contributed by atoms with Crippen molar-refractivity contribution in [3.05, 3.63) is 29.6 Å². The summed E-state index contributed by atoms with van der Waals surface area (Å²) in [6.07, 6.45) is 4.98. The lowest BCUT2D eigenvalue weighted by Crippen LogP contribution is -2.24. The molecule has 84 valence electrons. The lowest BCUT2D eigenvalue weighted by molar-refractivity contribution is 0.620. The molecular weight excluding hydrogens is 202 g/mol. The monoisotopic (exact) mass is 217 g/mol. The molecule has 16 heavy (non-hydrogen) atoms. The molecule has 1 N–H and O–H groups in total. The van der Waals surface area contributed by atoms with Crippen molar-refractivity contribution >= 4 is 0 Å². The largest absolute Gasteiger partial charge is 0.311 e. The maximum Gasteiger partial charge on any atom is 0.0999 e. The Kier molecular flexibility index (Phi) is 2.07. The third-order valence-electron chi connectivity index (χ3n) is 3.03. The molecule has 0 aromatic carbocycles. The molecule has 0 atom stereocenters. The van der Waals surface area contributed by atoms with E-state index in [1.807, 2.05) is 31.2 Å². The highest BCUT2D eigenvalue weighted by Crippen LogP contribution is 2.19. The molecule has 3 heterocycles. The maximum atomic E-state index is 4.45. The molecule has 0 saturated carbocycles. The second kappa shape index (κ2) is 3.45. The molecule has 1 aliphatic rings. The topological polar surface area (TPSA) is 47.7 Å². The van der Waals surface area contributed by atoms with Gasteiger partial charge in [-0.2, -0.15) is 5.10 Å². The van der Waals surface area contributed by atoms with Crippen LogP contribution in [0.15, 0.2) is 12.5 Å². The normalized spacial score (nSPS) is 15.1. The van der Waals surface area contributed by atoms with E-state index in [2.05, 4.69) is 20.0 Å². The highest BCUT2D eigenvalue weighted by atomic mass is 15.3. The van der Waals surface area contributed by atoms with Gasteiger partial charge in [0.25, 0.3) is 0 Å². The van der Waals surface area contributed by atoms with Crippen molar-refractivity contribution in [1.82, 2.24) is 24.6 Å². The Morgan fingerprint density at radius 1 is 1.44 bits per heavy atom. The van der Waals surface area contributed by atoms with Crippen LogP contribution >= 0.6 is 0 Å².